The van der Waals surface area contributed by atoms with E-state index in [0.29, 0.717) is 17.4 Å². The van der Waals surface area contributed by atoms with Crippen molar-refractivity contribution in [1.82, 2.24) is 0 Å². The van der Waals surface area contributed by atoms with Crippen LogP contribution in [0.3, 0.4) is 0 Å². The highest BCUT2D eigenvalue weighted by atomic mass is 16.7. The summed E-state index contributed by atoms with van der Waals surface area (Å²) < 4.78 is 10.9. The van der Waals surface area contributed by atoms with Crippen LogP contribution >= 0.6 is 0 Å². The van der Waals surface area contributed by atoms with Crippen LogP contribution in [0.5, 0.6) is 11.5 Å². The highest BCUT2D eigenvalue weighted by Crippen LogP contribution is 2.57. The van der Waals surface area contributed by atoms with Crippen molar-refractivity contribution < 1.29 is 9.47 Å². The third kappa shape index (κ3) is 2.29. The van der Waals surface area contributed by atoms with Gasteiger partial charge in [-0.3, -0.25) is 0 Å². The zero-order chi connectivity index (χ0) is 19.2. The Morgan fingerprint density at radius 2 is 1.89 bits per heavy atom. The lowest BCUT2D eigenvalue weighted by molar-refractivity contribution is 0.174. The van der Waals surface area contributed by atoms with Gasteiger partial charge in [0.15, 0.2) is 16.9 Å². The number of nitrogens with two attached hydrogens (primary N) is 1. The monoisotopic (exact) mass is 358 g/mol. The first-order chi connectivity index (χ1) is 13.1. The van der Waals surface area contributed by atoms with Crippen molar-refractivity contribution in [1.29, 1.82) is 15.8 Å². The maximum Gasteiger partial charge on any atom is 0.231 e. The molecule has 0 amide bonds. The van der Waals surface area contributed by atoms with Crippen molar-refractivity contribution in [3.63, 3.8) is 0 Å². The first-order valence-corrected chi connectivity index (χ1v) is 8.88. The summed E-state index contributed by atoms with van der Waals surface area (Å²) in [6.07, 6.45) is 3.68. The molecule has 6 nitrogen and oxygen atoms in total. The van der Waals surface area contributed by atoms with Crippen LogP contribution in [0.15, 0.2) is 41.1 Å². The van der Waals surface area contributed by atoms with Gasteiger partial charge in [-0.15, -0.1) is 0 Å². The number of benzene rings is 1. The minimum atomic E-state index is -1.60. The van der Waals surface area contributed by atoms with Crippen molar-refractivity contribution in [3.8, 4) is 29.7 Å². The third-order valence-electron chi connectivity index (χ3n) is 5.87. The molecular weight excluding hydrogens is 340 g/mol. The molecule has 0 aromatic heterocycles. The number of allylic oxidation sites excluding steroid dienone is 4. The maximum absolute atomic E-state index is 10.0. The molecule has 0 radical (unpaired) electrons. The van der Waals surface area contributed by atoms with E-state index in [2.05, 4.69) is 25.1 Å². The van der Waals surface area contributed by atoms with Crippen molar-refractivity contribution in [2.24, 2.45) is 23.0 Å². The van der Waals surface area contributed by atoms with E-state index in [-0.39, 0.29) is 24.0 Å². The van der Waals surface area contributed by atoms with E-state index in [0.717, 1.165) is 24.0 Å². The van der Waals surface area contributed by atoms with Crippen LogP contribution in [-0.4, -0.2) is 6.79 Å². The van der Waals surface area contributed by atoms with Gasteiger partial charge in [0.05, 0.1) is 23.4 Å². The Morgan fingerprint density at radius 3 is 2.59 bits per heavy atom. The minimum Gasteiger partial charge on any atom is -0.454 e. The molecule has 1 heterocycles. The molecule has 0 bridgehead atoms. The van der Waals surface area contributed by atoms with Gasteiger partial charge in [-0.05, 0) is 47.9 Å². The van der Waals surface area contributed by atoms with E-state index >= 15 is 0 Å². The van der Waals surface area contributed by atoms with E-state index in [1.807, 2.05) is 18.2 Å². The van der Waals surface area contributed by atoms with Gasteiger partial charge >= 0.3 is 0 Å². The molecule has 1 aromatic carbocycles. The van der Waals surface area contributed by atoms with Gasteiger partial charge in [0.25, 0.3) is 0 Å². The maximum atomic E-state index is 10.0. The molecule has 0 fully saturated rings. The van der Waals surface area contributed by atoms with Crippen molar-refractivity contribution in [3.05, 3.63) is 46.7 Å². The molecule has 4 rings (SSSR count). The van der Waals surface area contributed by atoms with Gasteiger partial charge in [-0.25, -0.2) is 0 Å². The summed E-state index contributed by atoms with van der Waals surface area (Å²) in [5.74, 6) is 1.02. The third-order valence-corrected chi connectivity index (χ3v) is 5.87. The lowest BCUT2D eigenvalue weighted by Crippen LogP contribution is -2.43. The van der Waals surface area contributed by atoms with Crippen LogP contribution in [0, 0.1) is 51.2 Å². The predicted molar refractivity (Wildman–Crippen MR) is 95.8 cm³/mol. The highest BCUT2D eigenvalue weighted by molar-refractivity contribution is 5.60. The molecule has 3 atom stereocenters. The SMILES string of the molecule is C[C@@H]1CC=C2C(C#N)=C(N)C(C#N)(C#N)[C@H](c3ccc4c(c3)OCO4)[C@H]2C1. The zero-order valence-corrected chi connectivity index (χ0v) is 14.9. The van der Waals surface area contributed by atoms with Crippen LogP contribution in [0.4, 0.5) is 0 Å². The molecule has 0 saturated carbocycles. The first kappa shape index (κ1) is 17.0. The smallest absolute Gasteiger partial charge is 0.231 e. The lowest BCUT2D eigenvalue weighted by Gasteiger charge is -2.44. The van der Waals surface area contributed by atoms with Gasteiger partial charge in [0.1, 0.15) is 6.07 Å². The quantitative estimate of drug-likeness (QED) is 0.823. The largest absolute Gasteiger partial charge is 0.454 e. The molecule has 0 unspecified atom stereocenters. The highest BCUT2D eigenvalue weighted by Gasteiger charge is 2.54. The number of fused-ring (bicyclic) bond motifs is 2. The summed E-state index contributed by atoms with van der Waals surface area (Å²) in [4.78, 5) is 0. The molecule has 0 saturated heterocycles. The van der Waals surface area contributed by atoms with Gasteiger partial charge in [0.2, 0.25) is 6.79 Å². The number of nitrogens with zero attached hydrogens (tertiary/aromatic N) is 3. The molecule has 2 N–H and O–H groups in total. The second-order valence-electron chi connectivity index (χ2n) is 7.37. The van der Waals surface area contributed by atoms with E-state index in [1.165, 1.54) is 0 Å². The van der Waals surface area contributed by atoms with Crippen molar-refractivity contribution >= 4 is 0 Å². The molecular formula is C21H18N4O2. The van der Waals surface area contributed by atoms with E-state index in [1.54, 1.807) is 6.07 Å². The standard InChI is InChI=1S/C21H18N4O2/c1-12-2-4-14-15(6-12)19(13-3-5-17-18(7-13)27-11-26-17)21(9-23,10-24)20(25)16(14)8-22/h3-5,7,12,15,19H,2,6,11,25H2,1H3/t12-,15+,19-/m1/s1. The molecule has 3 aliphatic rings. The fraction of sp³-hybridized carbons (Fsp3) is 0.381. The van der Waals surface area contributed by atoms with Gasteiger partial charge in [-0.1, -0.05) is 19.1 Å². The molecule has 6 heteroatoms. The topological polar surface area (TPSA) is 116 Å². The van der Waals surface area contributed by atoms with Gasteiger partial charge in [0, 0.05) is 5.92 Å². The van der Waals surface area contributed by atoms with Crippen LogP contribution < -0.4 is 15.2 Å². The van der Waals surface area contributed by atoms with Crippen molar-refractivity contribution in [2.75, 3.05) is 6.79 Å². The van der Waals surface area contributed by atoms with Crippen LogP contribution in [0.25, 0.3) is 0 Å². The van der Waals surface area contributed by atoms with Crippen LogP contribution in [0.2, 0.25) is 0 Å². The number of nitriles is 3. The average Bonchev–Trinajstić information content (AvgIpc) is 3.15. The Bertz CT molecular complexity index is 988. The zero-order valence-electron chi connectivity index (χ0n) is 14.9. The molecule has 1 aliphatic heterocycles. The lowest BCUT2D eigenvalue weighted by atomic mass is 9.56. The second kappa shape index (κ2) is 6.08. The molecule has 1 aromatic rings. The summed E-state index contributed by atoms with van der Waals surface area (Å²) in [5.41, 5.74) is 6.68. The fourth-order valence-corrected chi connectivity index (χ4v) is 4.56. The normalized spacial score (nSPS) is 27.6. The summed E-state index contributed by atoms with van der Waals surface area (Å²) in [7, 11) is 0. The van der Waals surface area contributed by atoms with Gasteiger partial charge < -0.3 is 15.2 Å². The van der Waals surface area contributed by atoms with E-state index in [9.17, 15) is 15.8 Å². The minimum absolute atomic E-state index is 0.0507. The average molecular weight is 358 g/mol. The number of hydrogen-bond acceptors (Lipinski definition) is 6. The summed E-state index contributed by atoms with van der Waals surface area (Å²) in [6, 6.07) is 11.9. The number of rotatable bonds is 1. The number of hydrogen-bond donors (Lipinski definition) is 1. The Hall–Kier alpha value is -3.43. The summed E-state index contributed by atoms with van der Waals surface area (Å²) in [6.45, 7) is 2.29. The Balaban J connectivity index is 1.98. The Morgan fingerprint density at radius 1 is 1.15 bits per heavy atom. The molecule has 0 spiro atoms. The summed E-state index contributed by atoms with van der Waals surface area (Å²) >= 11 is 0. The van der Waals surface area contributed by atoms with Crippen molar-refractivity contribution in [2.45, 2.75) is 25.7 Å². The van der Waals surface area contributed by atoms with Crippen LogP contribution in [-0.2, 0) is 0 Å². The molecule has 2 aliphatic carbocycles. The van der Waals surface area contributed by atoms with E-state index in [4.69, 9.17) is 15.2 Å². The molecule has 134 valence electrons. The first-order valence-electron chi connectivity index (χ1n) is 8.88. The second-order valence-corrected chi connectivity index (χ2v) is 7.37. The predicted octanol–water partition coefficient (Wildman–Crippen LogP) is 3.25. The van der Waals surface area contributed by atoms with E-state index < -0.39 is 11.3 Å². The van der Waals surface area contributed by atoms with Crippen LogP contribution in [0.1, 0.15) is 31.2 Å². The Labute approximate surface area is 157 Å². The fourth-order valence-electron chi connectivity index (χ4n) is 4.56. The summed E-state index contributed by atoms with van der Waals surface area (Å²) in [5, 5.41) is 29.8. The van der Waals surface area contributed by atoms with Gasteiger partial charge in [-0.2, -0.15) is 15.8 Å². The molecule has 27 heavy (non-hydrogen) atoms. The Kier molecular flexibility index (Phi) is 3.83. The number of ether oxygens (including phenoxy) is 2.